The number of carbonyl (C=O) groups excluding carboxylic acids is 4. The van der Waals surface area contributed by atoms with E-state index in [1.165, 1.54) is 4.90 Å². The average Bonchev–Trinajstić information content (AvgIpc) is 3.59. The average molecular weight is 672 g/mol. The number of allylic oxidation sites excluding steroid dienone is 1. The van der Waals surface area contributed by atoms with E-state index in [-0.39, 0.29) is 25.5 Å². The maximum Gasteiger partial charge on any atom is 0.408 e. The molecule has 0 spiro atoms. The smallest absolute Gasteiger partial charge is 0.408 e. The summed E-state index contributed by atoms with van der Waals surface area (Å²) in [5.41, 5.74) is -1.45. The first-order chi connectivity index (χ1) is 23.5. The Hall–Kier alpha value is -4.74. The van der Waals surface area contributed by atoms with Gasteiger partial charge in [0.15, 0.2) is 5.65 Å². The van der Waals surface area contributed by atoms with Gasteiger partial charge >= 0.3 is 12.1 Å². The second-order valence-corrected chi connectivity index (χ2v) is 14.1. The number of esters is 1. The molecule has 260 valence electrons. The van der Waals surface area contributed by atoms with Crippen molar-refractivity contribution < 1.29 is 33.4 Å². The molecule has 6 rings (SSSR count). The normalized spacial score (nSPS) is 26.8. The predicted octanol–water partition coefficient (Wildman–Crippen LogP) is 4.98. The van der Waals surface area contributed by atoms with Gasteiger partial charge in [0.2, 0.25) is 17.7 Å². The van der Waals surface area contributed by atoms with Crippen molar-refractivity contribution in [2.75, 3.05) is 13.2 Å². The maximum absolute atomic E-state index is 14.4. The third kappa shape index (κ3) is 7.47. The Kier molecular flexibility index (Phi) is 9.76. The van der Waals surface area contributed by atoms with Gasteiger partial charge in [-0.2, -0.15) is 4.98 Å². The number of ether oxygens (including phenoxy) is 3. The van der Waals surface area contributed by atoms with Crippen molar-refractivity contribution in [2.24, 2.45) is 5.92 Å². The van der Waals surface area contributed by atoms with Gasteiger partial charge in [-0.25, -0.2) is 14.6 Å². The van der Waals surface area contributed by atoms with Gasteiger partial charge in [-0.05, 0) is 77.0 Å². The Bertz CT molecular complexity index is 1770. The van der Waals surface area contributed by atoms with Crippen molar-refractivity contribution in [3.63, 3.8) is 0 Å². The van der Waals surface area contributed by atoms with E-state index in [1.807, 2.05) is 48.6 Å². The van der Waals surface area contributed by atoms with Crippen molar-refractivity contribution in [1.29, 1.82) is 0 Å². The van der Waals surface area contributed by atoms with E-state index in [1.54, 1.807) is 33.9 Å². The van der Waals surface area contributed by atoms with E-state index < -0.39 is 53.2 Å². The molecule has 3 amide bonds. The fraction of sp³-hybridized carbons (Fsp3) is 0.514. The topological polar surface area (TPSA) is 149 Å². The molecule has 1 aromatic carbocycles. The van der Waals surface area contributed by atoms with E-state index in [0.717, 1.165) is 35.4 Å². The number of aromatic nitrogens is 2. The Morgan fingerprint density at radius 1 is 1.06 bits per heavy atom. The highest BCUT2D eigenvalue weighted by molar-refractivity contribution is 6.06. The zero-order valence-corrected chi connectivity index (χ0v) is 28.6. The van der Waals surface area contributed by atoms with Crippen LogP contribution in [0.4, 0.5) is 4.79 Å². The molecule has 0 radical (unpaired) electrons. The van der Waals surface area contributed by atoms with Gasteiger partial charge in [0.1, 0.15) is 29.3 Å². The standard InChI is InChI=1S/C37H45N5O7/c1-5-47-34(45)37-21-23(37)14-9-7-6-8-10-18-28(39-35(46)49-36(2,3)4)33(44)42-22-24(20-29(42)31(43)41-37)48-32-27-16-12-11-15-25(27)26-17-13-19-38-30(26)40-32/h9,11-17,19,23-24,28-29H,5-8,10,18,20-22H2,1-4H3,(H,39,46)(H,41,43)/b14-9-/t23-,24-,28+,29+,37-/m1/s1. The van der Waals surface area contributed by atoms with Crippen LogP contribution in [-0.2, 0) is 23.9 Å². The lowest BCUT2D eigenvalue weighted by molar-refractivity contribution is -0.150. The first-order valence-corrected chi connectivity index (χ1v) is 17.2. The molecule has 5 atom stereocenters. The molecular weight excluding hydrogens is 626 g/mol. The molecule has 2 N–H and O–H groups in total. The summed E-state index contributed by atoms with van der Waals surface area (Å²) in [7, 11) is 0. The summed E-state index contributed by atoms with van der Waals surface area (Å²) in [5, 5.41) is 8.35. The lowest BCUT2D eigenvalue weighted by Gasteiger charge is -2.30. The molecule has 1 saturated carbocycles. The second kappa shape index (κ2) is 14.0. The zero-order chi connectivity index (χ0) is 34.8. The van der Waals surface area contributed by atoms with Gasteiger partial charge in [-0.1, -0.05) is 43.2 Å². The number of amides is 3. The largest absolute Gasteiger partial charge is 0.472 e. The molecule has 0 unspecified atom stereocenters. The summed E-state index contributed by atoms with van der Waals surface area (Å²) >= 11 is 0. The Labute approximate surface area is 285 Å². The fourth-order valence-electron chi connectivity index (χ4n) is 6.85. The SMILES string of the molecule is CCOC(=O)[C@@]12C[C@H]1/C=C\CCCCC[C@H](NC(=O)OC(C)(C)C)C(=O)N1C[C@H](Oc3nc4ncccc4c4ccccc34)C[C@H]1C(=O)N2. The molecule has 49 heavy (non-hydrogen) atoms. The highest BCUT2D eigenvalue weighted by atomic mass is 16.6. The first kappa shape index (κ1) is 34.1. The number of pyridine rings is 2. The molecule has 12 nitrogen and oxygen atoms in total. The lowest BCUT2D eigenvalue weighted by Crippen LogP contribution is -2.56. The summed E-state index contributed by atoms with van der Waals surface area (Å²) in [6.07, 6.45) is 8.48. The van der Waals surface area contributed by atoms with Crippen LogP contribution in [0.2, 0.25) is 0 Å². The van der Waals surface area contributed by atoms with Crippen molar-refractivity contribution in [2.45, 2.75) is 102 Å². The maximum atomic E-state index is 14.4. The molecule has 3 aliphatic rings. The van der Waals surface area contributed by atoms with Crippen LogP contribution in [0.15, 0.2) is 54.7 Å². The Balaban J connectivity index is 1.33. The number of hydrogen-bond donors (Lipinski definition) is 2. The van der Waals surface area contributed by atoms with E-state index >= 15 is 0 Å². The highest BCUT2D eigenvalue weighted by Gasteiger charge is 2.62. The van der Waals surface area contributed by atoms with Crippen LogP contribution in [0.5, 0.6) is 5.88 Å². The molecule has 3 aromatic rings. The van der Waals surface area contributed by atoms with Gasteiger partial charge < -0.3 is 29.7 Å². The van der Waals surface area contributed by atoms with Crippen LogP contribution < -0.4 is 15.4 Å². The number of benzene rings is 1. The molecule has 1 aliphatic carbocycles. The third-order valence-electron chi connectivity index (χ3n) is 9.29. The molecule has 1 saturated heterocycles. The van der Waals surface area contributed by atoms with Crippen molar-refractivity contribution in [3.8, 4) is 5.88 Å². The molecular formula is C37H45N5O7. The zero-order valence-electron chi connectivity index (χ0n) is 28.6. The summed E-state index contributed by atoms with van der Waals surface area (Å²) in [6.45, 7) is 7.24. The van der Waals surface area contributed by atoms with Gasteiger partial charge in [-0.3, -0.25) is 9.59 Å². The minimum atomic E-state index is -1.20. The number of alkyl carbamates (subject to hydrolysis) is 1. The van der Waals surface area contributed by atoms with Gasteiger partial charge in [-0.15, -0.1) is 0 Å². The fourth-order valence-corrected chi connectivity index (χ4v) is 6.85. The van der Waals surface area contributed by atoms with E-state index in [4.69, 9.17) is 19.2 Å². The number of rotatable bonds is 5. The summed E-state index contributed by atoms with van der Waals surface area (Å²) < 4.78 is 17.4. The van der Waals surface area contributed by atoms with Crippen molar-refractivity contribution >= 4 is 45.7 Å². The summed E-state index contributed by atoms with van der Waals surface area (Å²) in [5.74, 6) is -1.25. The van der Waals surface area contributed by atoms with Crippen molar-refractivity contribution in [3.05, 3.63) is 54.7 Å². The minimum absolute atomic E-state index is 0.0649. The number of carbonyl (C=O) groups is 4. The van der Waals surface area contributed by atoms with Gasteiger partial charge in [0.25, 0.3) is 0 Å². The van der Waals surface area contributed by atoms with E-state index in [2.05, 4.69) is 15.6 Å². The van der Waals surface area contributed by atoms with Crippen LogP contribution >= 0.6 is 0 Å². The highest BCUT2D eigenvalue weighted by Crippen LogP contribution is 2.46. The predicted molar refractivity (Wildman–Crippen MR) is 183 cm³/mol. The number of hydrogen-bond acceptors (Lipinski definition) is 9. The quantitative estimate of drug-likeness (QED) is 0.218. The number of nitrogens with zero attached hydrogens (tertiary/aromatic N) is 3. The molecule has 4 heterocycles. The number of fused-ring (bicyclic) bond motifs is 5. The summed E-state index contributed by atoms with van der Waals surface area (Å²) in [6, 6.07) is 9.63. The van der Waals surface area contributed by atoms with Crippen LogP contribution in [0, 0.1) is 5.92 Å². The molecule has 12 heteroatoms. The second-order valence-electron chi connectivity index (χ2n) is 14.1. The Morgan fingerprint density at radius 2 is 1.84 bits per heavy atom. The van der Waals surface area contributed by atoms with Crippen LogP contribution in [0.25, 0.3) is 21.8 Å². The lowest BCUT2D eigenvalue weighted by atomic mass is 10.0. The van der Waals surface area contributed by atoms with E-state index in [9.17, 15) is 19.2 Å². The van der Waals surface area contributed by atoms with Gasteiger partial charge in [0.05, 0.1) is 13.2 Å². The van der Waals surface area contributed by atoms with Crippen molar-refractivity contribution in [1.82, 2.24) is 25.5 Å². The summed E-state index contributed by atoms with van der Waals surface area (Å²) in [4.78, 5) is 65.4. The molecule has 2 aromatic heterocycles. The van der Waals surface area contributed by atoms with Gasteiger partial charge in [0, 0.05) is 29.3 Å². The van der Waals surface area contributed by atoms with Crippen LogP contribution in [0.1, 0.15) is 72.6 Å². The third-order valence-corrected chi connectivity index (χ3v) is 9.29. The van der Waals surface area contributed by atoms with Crippen LogP contribution in [0.3, 0.4) is 0 Å². The Morgan fingerprint density at radius 3 is 2.61 bits per heavy atom. The number of nitrogens with one attached hydrogen (secondary N) is 2. The first-order valence-electron chi connectivity index (χ1n) is 17.2. The minimum Gasteiger partial charge on any atom is -0.472 e. The monoisotopic (exact) mass is 671 g/mol. The molecule has 0 bridgehead atoms. The van der Waals surface area contributed by atoms with E-state index in [0.29, 0.717) is 30.8 Å². The molecule has 2 fully saturated rings. The van der Waals surface area contributed by atoms with Crippen LogP contribution in [-0.4, -0.2) is 81.2 Å². The molecule has 2 aliphatic heterocycles.